The van der Waals surface area contributed by atoms with Gasteiger partial charge in [0, 0.05) is 36.9 Å². The number of fused-ring (bicyclic) bond motifs is 1. The number of anilines is 1. The van der Waals surface area contributed by atoms with Gasteiger partial charge in [-0.05, 0) is 18.2 Å². The first kappa shape index (κ1) is 13.1. The maximum Gasteiger partial charge on any atom is 0.299 e. The van der Waals surface area contributed by atoms with Crippen LogP contribution in [0.1, 0.15) is 16.2 Å². The highest BCUT2D eigenvalue weighted by atomic mass is 79.9. The molecular weight excluding hydrogens is 322 g/mol. The van der Waals surface area contributed by atoms with Crippen molar-refractivity contribution in [3.05, 3.63) is 46.5 Å². The van der Waals surface area contributed by atoms with Crippen LogP contribution in [0.15, 0.2) is 35.1 Å². The van der Waals surface area contributed by atoms with Crippen LogP contribution in [0.4, 0.5) is 5.69 Å². The van der Waals surface area contributed by atoms with E-state index < -0.39 is 11.7 Å². The van der Waals surface area contributed by atoms with Gasteiger partial charge in [0.05, 0.1) is 11.3 Å². The van der Waals surface area contributed by atoms with Crippen molar-refractivity contribution >= 4 is 33.3 Å². The van der Waals surface area contributed by atoms with Gasteiger partial charge in [0.2, 0.25) is 0 Å². The van der Waals surface area contributed by atoms with E-state index in [-0.39, 0.29) is 0 Å². The molecule has 0 radical (unpaired) electrons. The number of nitrogens with zero attached hydrogens (tertiary/aromatic N) is 3. The van der Waals surface area contributed by atoms with Gasteiger partial charge in [-0.15, -0.1) is 0 Å². The number of carbonyl (C=O) groups excluding carboxylic acids is 2. The average Bonchev–Trinajstić information content (AvgIpc) is 2.93. The number of carbonyl (C=O) groups is 2. The van der Waals surface area contributed by atoms with Crippen LogP contribution in [-0.2, 0) is 18.3 Å². The number of imidazole rings is 1. The van der Waals surface area contributed by atoms with E-state index in [1.165, 1.54) is 4.90 Å². The van der Waals surface area contributed by atoms with Crippen LogP contribution < -0.4 is 4.90 Å². The molecule has 5 nitrogen and oxygen atoms in total. The quantitative estimate of drug-likeness (QED) is 0.807. The van der Waals surface area contributed by atoms with Gasteiger partial charge in [-0.25, -0.2) is 4.98 Å². The Balaban J connectivity index is 1.86. The summed E-state index contributed by atoms with van der Waals surface area (Å²) in [5.74, 6) is -0.0238. The molecular formula is C14H12BrN3O2. The topological polar surface area (TPSA) is 55.2 Å². The van der Waals surface area contributed by atoms with Gasteiger partial charge < -0.3 is 9.47 Å². The lowest BCUT2D eigenvalue weighted by Crippen LogP contribution is -2.32. The van der Waals surface area contributed by atoms with Crippen molar-refractivity contribution in [2.45, 2.75) is 6.42 Å². The maximum absolute atomic E-state index is 12.1. The summed E-state index contributed by atoms with van der Waals surface area (Å²) in [5, 5.41) is 0. The van der Waals surface area contributed by atoms with Gasteiger partial charge in [0.1, 0.15) is 5.82 Å². The highest BCUT2D eigenvalue weighted by Crippen LogP contribution is 2.31. The highest BCUT2D eigenvalue weighted by molar-refractivity contribution is 9.10. The lowest BCUT2D eigenvalue weighted by molar-refractivity contribution is -0.114. The lowest BCUT2D eigenvalue weighted by Gasteiger charge is -2.16. The molecule has 20 heavy (non-hydrogen) atoms. The average molecular weight is 334 g/mol. The van der Waals surface area contributed by atoms with Crippen LogP contribution in [0.2, 0.25) is 0 Å². The van der Waals surface area contributed by atoms with E-state index in [9.17, 15) is 9.59 Å². The molecule has 2 heterocycles. The van der Waals surface area contributed by atoms with Crippen molar-refractivity contribution in [1.82, 2.24) is 9.55 Å². The van der Waals surface area contributed by atoms with Crippen LogP contribution in [0, 0.1) is 0 Å². The van der Waals surface area contributed by atoms with E-state index in [0.717, 1.165) is 10.3 Å². The first-order valence-corrected chi connectivity index (χ1v) is 6.99. The minimum Gasteiger partial charge on any atom is -0.338 e. The molecule has 0 fully saturated rings. The summed E-state index contributed by atoms with van der Waals surface area (Å²) in [6, 6.07) is 5.31. The molecule has 0 spiro atoms. The third-order valence-electron chi connectivity index (χ3n) is 3.41. The van der Waals surface area contributed by atoms with Crippen molar-refractivity contribution < 1.29 is 9.59 Å². The Morgan fingerprint density at radius 3 is 2.80 bits per heavy atom. The number of halogens is 1. The van der Waals surface area contributed by atoms with Crippen molar-refractivity contribution in [3.63, 3.8) is 0 Å². The number of Topliss-reactive ketones (excluding diaryl/α,β-unsaturated/α-hetero) is 1. The van der Waals surface area contributed by atoms with Gasteiger partial charge in [-0.3, -0.25) is 9.59 Å². The molecule has 3 rings (SSSR count). The zero-order chi connectivity index (χ0) is 14.3. The van der Waals surface area contributed by atoms with Gasteiger partial charge in [0.15, 0.2) is 0 Å². The van der Waals surface area contributed by atoms with Crippen molar-refractivity contribution in [3.8, 4) is 0 Å². The third-order valence-corrected chi connectivity index (χ3v) is 3.91. The van der Waals surface area contributed by atoms with Crippen LogP contribution in [0.5, 0.6) is 0 Å². The van der Waals surface area contributed by atoms with Gasteiger partial charge in [0.25, 0.3) is 11.7 Å². The second kappa shape index (κ2) is 4.86. The maximum atomic E-state index is 12.1. The molecule has 1 aliphatic rings. The van der Waals surface area contributed by atoms with Crippen LogP contribution >= 0.6 is 15.9 Å². The summed E-state index contributed by atoms with van der Waals surface area (Å²) in [5.41, 5.74) is 1.14. The number of hydrogen-bond acceptors (Lipinski definition) is 3. The molecule has 6 heteroatoms. The standard InChI is InChI=1S/C14H12BrN3O2/c1-17-7-5-16-12(17)4-6-18-11-3-2-9(15)8-10(11)13(19)14(18)20/h2-3,5,7-8H,4,6H2,1H3. The Labute approximate surface area is 124 Å². The molecule has 0 unspecified atom stereocenters. The summed E-state index contributed by atoms with van der Waals surface area (Å²) in [7, 11) is 1.91. The number of aryl methyl sites for hydroxylation is 1. The summed E-state index contributed by atoms with van der Waals surface area (Å²) < 4.78 is 2.70. The molecule has 0 aliphatic carbocycles. The predicted molar refractivity (Wildman–Crippen MR) is 77.7 cm³/mol. The number of ketones is 1. The fourth-order valence-corrected chi connectivity index (χ4v) is 2.70. The zero-order valence-electron chi connectivity index (χ0n) is 10.8. The monoisotopic (exact) mass is 333 g/mol. The Bertz CT molecular complexity index is 708. The van der Waals surface area contributed by atoms with Gasteiger partial charge >= 0.3 is 0 Å². The fraction of sp³-hybridized carbons (Fsp3) is 0.214. The molecule has 1 aliphatic heterocycles. The first-order chi connectivity index (χ1) is 9.58. The van der Waals surface area contributed by atoms with Gasteiger partial charge in [-0.1, -0.05) is 15.9 Å². The summed E-state index contributed by atoms with van der Waals surface area (Å²) in [6.07, 6.45) is 4.19. The van der Waals surface area contributed by atoms with Gasteiger partial charge in [-0.2, -0.15) is 0 Å². The van der Waals surface area contributed by atoms with E-state index >= 15 is 0 Å². The number of amides is 1. The Morgan fingerprint density at radius 2 is 2.10 bits per heavy atom. The molecule has 102 valence electrons. The van der Waals surface area contributed by atoms with Crippen LogP contribution in [-0.4, -0.2) is 27.8 Å². The second-order valence-electron chi connectivity index (χ2n) is 4.65. The SMILES string of the molecule is Cn1ccnc1CCN1C(=O)C(=O)c2cc(Br)ccc21. The van der Waals surface area contributed by atoms with Crippen molar-refractivity contribution in [1.29, 1.82) is 0 Å². The molecule has 0 N–H and O–H groups in total. The second-order valence-corrected chi connectivity index (χ2v) is 5.57. The number of hydrogen-bond donors (Lipinski definition) is 0. The molecule has 0 saturated carbocycles. The van der Waals surface area contributed by atoms with Crippen LogP contribution in [0.25, 0.3) is 0 Å². The van der Waals surface area contributed by atoms with Crippen LogP contribution in [0.3, 0.4) is 0 Å². The molecule has 0 saturated heterocycles. The minimum absolute atomic E-state index is 0.443. The van der Waals surface area contributed by atoms with Crippen molar-refractivity contribution in [2.75, 3.05) is 11.4 Å². The highest BCUT2D eigenvalue weighted by Gasteiger charge is 2.35. The fourth-order valence-electron chi connectivity index (χ4n) is 2.34. The van der Waals surface area contributed by atoms with E-state index in [1.54, 1.807) is 18.3 Å². The molecule has 0 bridgehead atoms. The third kappa shape index (κ3) is 2.06. The molecule has 1 amide bonds. The normalized spacial score (nSPS) is 14.0. The van der Waals surface area contributed by atoms with E-state index in [1.807, 2.05) is 23.9 Å². The number of aromatic nitrogens is 2. The Hall–Kier alpha value is -1.95. The Morgan fingerprint density at radius 1 is 1.30 bits per heavy atom. The minimum atomic E-state index is -0.465. The van der Waals surface area contributed by atoms with E-state index in [4.69, 9.17) is 0 Å². The molecule has 0 atom stereocenters. The smallest absolute Gasteiger partial charge is 0.299 e. The zero-order valence-corrected chi connectivity index (χ0v) is 12.4. The van der Waals surface area contributed by atoms with Crippen molar-refractivity contribution in [2.24, 2.45) is 7.05 Å². The summed E-state index contributed by atoms with van der Waals surface area (Å²) >= 11 is 3.32. The largest absolute Gasteiger partial charge is 0.338 e. The van der Waals surface area contributed by atoms with E-state index in [2.05, 4.69) is 20.9 Å². The first-order valence-electron chi connectivity index (χ1n) is 6.20. The Kier molecular flexibility index (Phi) is 3.17. The molecule has 1 aromatic heterocycles. The number of benzene rings is 1. The molecule has 2 aromatic rings. The predicted octanol–water partition coefficient (Wildman–Crippen LogP) is 1.95. The van der Waals surface area contributed by atoms with E-state index in [0.29, 0.717) is 24.2 Å². The lowest BCUT2D eigenvalue weighted by atomic mass is 10.1. The number of rotatable bonds is 3. The molecule has 1 aromatic carbocycles. The summed E-state index contributed by atoms with van der Waals surface area (Å²) in [4.78, 5) is 29.8. The summed E-state index contributed by atoms with van der Waals surface area (Å²) in [6.45, 7) is 0.448.